The van der Waals surface area contributed by atoms with Crippen molar-refractivity contribution in [2.45, 2.75) is 5.41 Å². The van der Waals surface area contributed by atoms with Crippen LogP contribution in [0.4, 0.5) is 17.1 Å². The van der Waals surface area contributed by atoms with E-state index in [0.717, 1.165) is 50.1 Å². The Hall–Kier alpha value is -9.50. The molecule has 1 spiro atoms. The van der Waals surface area contributed by atoms with Gasteiger partial charge in [0.15, 0.2) is 0 Å². The number of furan rings is 1. The van der Waals surface area contributed by atoms with Crippen molar-refractivity contribution < 1.29 is 4.42 Å². The van der Waals surface area contributed by atoms with Gasteiger partial charge in [0.05, 0.1) is 11.1 Å². The molecule has 73 heavy (non-hydrogen) atoms. The highest BCUT2D eigenvalue weighted by Gasteiger charge is 2.52. The zero-order valence-electron chi connectivity index (χ0n) is 39.7. The van der Waals surface area contributed by atoms with Crippen molar-refractivity contribution in [2.24, 2.45) is 0 Å². The Kier molecular flexibility index (Phi) is 8.41. The van der Waals surface area contributed by atoms with E-state index in [2.05, 4.69) is 266 Å². The molecular weight excluding hydrogens is 883 g/mol. The highest BCUT2D eigenvalue weighted by Crippen LogP contribution is 2.64. The summed E-state index contributed by atoms with van der Waals surface area (Å²) in [4.78, 5) is 2.53. The third-order valence-electron chi connectivity index (χ3n) is 16.3. The van der Waals surface area contributed by atoms with Crippen LogP contribution < -0.4 is 4.90 Å². The van der Waals surface area contributed by atoms with Gasteiger partial charge in [-0.3, -0.25) is 0 Å². The van der Waals surface area contributed by atoms with Crippen molar-refractivity contribution in [1.82, 2.24) is 0 Å². The summed E-state index contributed by atoms with van der Waals surface area (Å²) in [6.45, 7) is 0. The molecule has 1 aromatic heterocycles. The standard InChI is InChI=1S/C71H43NO/c1-2-18-49-44(16-1)17-15-27-50(49)45-32-35-47(36-33-45)72(48-37-38-55-53-21-4-3-19-51(53)52-20-5-6-22-54(52)61(55)41-48)68-43-67-62(42-60(68)46-34-39-70-63(40-46)59-26-10-14-31-69(59)73-70)58-25-9-13-30-66(58)71(67)64-28-11-7-23-56(64)57-24-8-12-29-65(57)71/h1-43H. The number of rotatable bonds is 5. The lowest BCUT2D eigenvalue weighted by molar-refractivity contribution is 0.669. The molecule has 13 aromatic carbocycles. The van der Waals surface area contributed by atoms with E-state index in [1.165, 1.54) is 98.7 Å². The van der Waals surface area contributed by atoms with Crippen LogP contribution in [0, 0.1) is 0 Å². The fourth-order valence-corrected chi connectivity index (χ4v) is 13.2. The molecule has 0 fully saturated rings. The van der Waals surface area contributed by atoms with Crippen molar-refractivity contribution in [3.8, 4) is 44.5 Å². The number of nitrogens with zero attached hydrogens (tertiary/aromatic N) is 1. The topological polar surface area (TPSA) is 16.4 Å². The lowest BCUT2D eigenvalue weighted by Crippen LogP contribution is -2.26. The van der Waals surface area contributed by atoms with Crippen LogP contribution in [0.25, 0.3) is 110 Å². The van der Waals surface area contributed by atoms with Crippen LogP contribution >= 0.6 is 0 Å². The van der Waals surface area contributed by atoms with Gasteiger partial charge in [0.2, 0.25) is 0 Å². The maximum Gasteiger partial charge on any atom is 0.135 e. The van der Waals surface area contributed by atoms with Crippen LogP contribution in [0.5, 0.6) is 0 Å². The Balaban J connectivity index is 1.03. The Morgan fingerprint density at radius 2 is 0.753 bits per heavy atom. The molecule has 0 unspecified atom stereocenters. The van der Waals surface area contributed by atoms with Gasteiger partial charge in [-0.25, -0.2) is 0 Å². The molecule has 14 aromatic rings. The van der Waals surface area contributed by atoms with Gasteiger partial charge in [0, 0.05) is 27.7 Å². The van der Waals surface area contributed by atoms with E-state index in [1.54, 1.807) is 0 Å². The SMILES string of the molecule is c1ccc2c(c1)-c1ccccc1C21c2ccccc2-c2cc(-c3ccc4oc5ccccc5c4c3)c(N(c3ccc(-c4cccc5ccccc45)cc3)c3ccc4c5ccccc5c5ccccc5c4c3)cc21. The molecule has 2 heteroatoms. The molecule has 0 N–H and O–H groups in total. The highest BCUT2D eigenvalue weighted by molar-refractivity contribution is 6.26. The second kappa shape index (κ2) is 15.3. The third-order valence-corrected chi connectivity index (χ3v) is 16.3. The lowest BCUT2D eigenvalue weighted by Gasteiger charge is -2.33. The van der Waals surface area contributed by atoms with E-state index >= 15 is 0 Å². The van der Waals surface area contributed by atoms with E-state index in [4.69, 9.17) is 4.42 Å². The van der Waals surface area contributed by atoms with E-state index in [0.29, 0.717) is 0 Å². The average Bonchev–Trinajstić information content (AvgIpc) is 4.11. The second-order valence-electron chi connectivity index (χ2n) is 19.8. The number of benzene rings is 13. The van der Waals surface area contributed by atoms with Crippen LogP contribution in [0.3, 0.4) is 0 Å². The summed E-state index contributed by atoms with van der Waals surface area (Å²) < 4.78 is 6.48. The Morgan fingerprint density at radius 3 is 1.44 bits per heavy atom. The van der Waals surface area contributed by atoms with E-state index in [1.807, 2.05) is 0 Å². The number of hydrogen-bond acceptors (Lipinski definition) is 2. The van der Waals surface area contributed by atoms with Gasteiger partial charge < -0.3 is 9.32 Å². The molecule has 1 heterocycles. The molecule has 2 nitrogen and oxygen atoms in total. The predicted molar refractivity (Wildman–Crippen MR) is 306 cm³/mol. The largest absolute Gasteiger partial charge is 0.456 e. The maximum absolute atomic E-state index is 6.48. The fraction of sp³-hybridized carbons (Fsp3) is 0.0141. The van der Waals surface area contributed by atoms with Crippen LogP contribution in [0.15, 0.2) is 265 Å². The summed E-state index contributed by atoms with van der Waals surface area (Å²) in [5.41, 5.74) is 19.5. The van der Waals surface area contributed by atoms with Gasteiger partial charge in [0.1, 0.15) is 11.2 Å². The first-order valence-electron chi connectivity index (χ1n) is 25.3. The minimum atomic E-state index is -0.542. The van der Waals surface area contributed by atoms with E-state index in [9.17, 15) is 0 Å². The first-order chi connectivity index (χ1) is 36.2. The lowest BCUT2D eigenvalue weighted by atomic mass is 9.70. The number of fused-ring (bicyclic) bond motifs is 20. The molecule has 0 bridgehead atoms. The Bertz CT molecular complexity index is 4550. The molecule has 0 saturated carbocycles. The number of hydrogen-bond donors (Lipinski definition) is 0. The van der Waals surface area contributed by atoms with Crippen molar-refractivity contribution in [1.29, 1.82) is 0 Å². The van der Waals surface area contributed by atoms with Crippen LogP contribution in [0.2, 0.25) is 0 Å². The Morgan fingerprint density at radius 1 is 0.260 bits per heavy atom. The molecule has 0 atom stereocenters. The van der Waals surface area contributed by atoms with Gasteiger partial charge in [-0.15, -0.1) is 0 Å². The molecule has 16 rings (SSSR count). The van der Waals surface area contributed by atoms with Crippen LogP contribution in [-0.2, 0) is 5.41 Å². The van der Waals surface area contributed by atoms with Gasteiger partial charge >= 0.3 is 0 Å². The zero-order chi connectivity index (χ0) is 47.8. The second-order valence-corrected chi connectivity index (χ2v) is 19.8. The molecule has 0 amide bonds. The van der Waals surface area contributed by atoms with Crippen molar-refractivity contribution in [2.75, 3.05) is 4.90 Å². The fourth-order valence-electron chi connectivity index (χ4n) is 13.2. The highest BCUT2D eigenvalue weighted by atomic mass is 16.3. The smallest absolute Gasteiger partial charge is 0.135 e. The van der Waals surface area contributed by atoms with Gasteiger partial charge in [-0.05, 0) is 159 Å². The van der Waals surface area contributed by atoms with Gasteiger partial charge in [-0.1, -0.05) is 206 Å². The van der Waals surface area contributed by atoms with Crippen LogP contribution in [0.1, 0.15) is 22.3 Å². The minimum absolute atomic E-state index is 0.542. The normalized spacial score (nSPS) is 13.0. The molecule has 338 valence electrons. The molecule has 0 radical (unpaired) electrons. The van der Waals surface area contributed by atoms with E-state index < -0.39 is 5.41 Å². The minimum Gasteiger partial charge on any atom is -0.456 e. The summed E-state index contributed by atoms with van der Waals surface area (Å²) >= 11 is 0. The summed E-state index contributed by atoms with van der Waals surface area (Å²) in [6.07, 6.45) is 0. The molecule has 2 aliphatic carbocycles. The van der Waals surface area contributed by atoms with Gasteiger partial charge in [-0.2, -0.15) is 0 Å². The van der Waals surface area contributed by atoms with Crippen LogP contribution in [-0.4, -0.2) is 0 Å². The van der Waals surface area contributed by atoms with Gasteiger partial charge in [0.25, 0.3) is 0 Å². The molecule has 0 aliphatic heterocycles. The average molecular weight is 926 g/mol. The van der Waals surface area contributed by atoms with Crippen molar-refractivity contribution in [3.05, 3.63) is 283 Å². The molecule has 0 saturated heterocycles. The maximum atomic E-state index is 6.48. The first kappa shape index (κ1) is 40.3. The molecular formula is C71H43NO. The summed E-state index contributed by atoms with van der Waals surface area (Å²) in [6, 6.07) is 97.1. The first-order valence-corrected chi connectivity index (χ1v) is 25.3. The van der Waals surface area contributed by atoms with E-state index in [-0.39, 0.29) is 0 Å². The zero-order valence-corrected chi connectivity index (χ0v) is 39.7. The Labute approximate surface area is 422 Å². The molecule has 2 aliphatic rings. The predicted octanol–water partition coefficient (Wildman–Crippen LogP) is 19.3. The van der Waals surface area contributed by atoms with Crippen molar-refractivity contribution in [3.63, 3.8) is 0 Å². The summed E-state index contributed by atoms with van der Waals surface area (Å²) in [7, 11) is 0. The number of anilines is 3. The third kappa shape index (κ3) is 5.63. The summed E-state index contributed by atoms with van der Waals surface area (Å²) in [5, 5.41) is 12.2. The monoisotopic (exact) mass is 925 g/mol. The quantitative estimate of drug-likeness (QED) is 0.160. The number of para-hydroxylation sites is 1. The summed E-state index contributed by atoms with van der Waals surface area (Å²) in [5.74, 6) is 0. The van der Waals surface area contributed by atoms with Crippen molar-refractivity contribution >= 4 is 82.1 Å².